The first kappa shape index (κ1) is 13.5. The summed E-state index contributed by atoms with van der Waals surface area (Å²) in [6.45, 7) is 0. The van der Waals surface area contributed by atoms with E-state index in [1.54, 1.807) is 18.2 Å². The van der Waals surface area contributed by atoms with Crippen molar-refractivity contribution >= 4 is 9.84 Å². The Morgan fingerprint density at radius 2 is 1.95 bits per heavy atom. The lowest BCUT2D eigenvalue weighted by molar-refractivity contribution is 0.395. The summed E-state index contributed by atoms with van der Waals surface area (Å²) in [5, 5.41) is 0. The zero-order valence-corrected chi connectivity index (χ0v) is 11.2. The van der Waals surface area contributed by atoms with Crippen LogP contribution in [0.4, 0.5) is 4.39 Å². The van der Waals surface area contributed by atoms with Gasteiger partial charge in [-0.1, -0.05) is 6.07 Å². The molecular weight excluding hydrogens is 269 g/mol. The van der Waals surface area contributed by atoms with Crippen molar-refractivity contribution in [2.45, 2.75) is 4.90 Å². The molecule has 0 fully saturated rings. The number of hydrogen-bond donors (Lipinski definition) is 0. The van der Waals surface area contributed by atoms with Gasteiger partial charge in [-0.25, -0.2) is 12.8 Å². The highest BCUT2D eigenvalue weighted by molar-refractivity contribution is 7.90. The van der Waals surface area contributed by atoms with Crippen LogP contribution in [-0.4, -0.2) is 26.8 Å². The molecule has 2 rings (SSSR count). The first-order valence-electron chi connectivity index (χ1n) is 5.43. The highest BCUT2D eigenvalue weighted by atomic mass is 32.2. The van der Waals surface area contributed by atoms with Crippen molar-refractivity contribution in [1.29, 1.82) is 0 Å². The average Bonchev–Trinajstić information content (AvgIpc) is 2.37. The minimum absolute atomic E-state index is 0.0142. The van der Waals surface area contributed by atoms with Gasteiger partial charge in [-0.2, -0.15) is 0 Å². The van der Waals surface area contributed by atoms with Crippen LogP contribution < -0.4 is 4.74 Å². The summed E-state index contributed by atoms with van der Waals surface area (Å²) < 4.78 is 42.7. The van der Waals surface area contributed by atoms with Gasteiger partial charge in [0.2, 0.25) is 0 Å². The number of sulfone groups is 1. The molecule has 1 aromatic heterocycles. The van der Waals surface area contributed by atoms with Gasteiger partial charge in [-0.05, 0) is 24.3 Å². The highest BCUT2D eigenvalue weighted by Crippen LogP contribution is 2.33. The van der Waals surface area contributed by atoms with Gasteiger partial charge in [-0.15, -0.1) is 0 Å². The van der Waals surface area contributed by atoms with Crippen LogP contribution in [0.15, 0.2) is 41.4 Å². The Morgan fingerprint density at radius 3 is 2.47 bits per heavy atom. The summed E-state index contributed by atoms with van der Waals surface area (Å²) in [7, 11) is -2.44. The molecule has 100 valence electrons. The number of ether oxygens (including phenoxy) is 1. The molecule has 0 bridgehead atoms. The quantitative estimate of drug-likeness (QED) is 0.866. The zero-order valence-electron chi connectivity index (χ0n) is 10.4. The fourth-order valence-corrected chi connectivity index (χ4v) is 2.72. The van der Waals surface area contributed by atoms with Gasteiger partial charge in [0.15, 0.2) is 15.7 Å². The lowest BCUT2D eigenvalue weighted by atomic mass is 10.1. The Bertz CT molecular complexity index is 699. The van der Waals surface area contributed by atoms with Crippen LogP contribution in [0, 0.1) is 5.82 Å². The molecule has 0 saturated carbocycles. The third-order valence-corrected chi connectivity index (χ3v) is 3.71. The van der Waals surface area contributed by atoms with E-state index in [1.165, 1.54) is 25.4 Å². The van der Waals surface area contributed by atoms with Crippen LogP contribution in [0.5, 0.6) is 5.75 Å². The number of benzene rings is 1. The second-order valence-electron chi connectivity index (χ2n) is 3.95. The molecule has 0 N–H and O–H groups in total. The largest absolute Gasteiger partial charge is 0.495 e. The predicted octanol–water partition coefficient (Wildman–Crippen LogP) is 2.30. The molecule has 0 saturated heterocycles. The van der Waals surface area contributed by atoms with Crippen molar-refractivity contribution in [2.24, 2.45) is 0 Å². The molecule has 1 heterocycles. The lowest BCUT2D eigenvalue weighted by Crippen LogP contribution is -2.05. The molecule has 0 aliphatic carbocycles. The maximum atomic E-state index is 14.4. The Balaban J connectivity index is 2.75. The van der Waals surface area contributed by atoms with Gasteiger partial charge >= 0.3 is 0 Å². The van der Waals surface area contributed by atoms with Crippen molar-refractivity contribution in [1.82, 2.24) is 4.98 Å². The van der Waals surface area contributed by atoms with Gasteiger partial charge in [-0.3, -0.25) is 4.98 Å². The Labute approximate surface area is 110 Å². The van der Waals surface area contributed by atoms with Crippen LogP contribution >= 0.6 is 0 Å². The topological polar surface area (TPSA) is 56.3 Å². The Morgan fingerprint density at radius 1 is 1.21 bits per heavy atom. The Kier molecular flexibility index (Phi) is 3.53. The highest BCUT2D eigenvalue weighted by Gasteiger charge is 2.23. The average molecular weight is 281 g/mol. The molecule has 0 unspecified atom stereocenters. The summed E-state index contributed by atoms with van der Waals surface area (Å²) in [5.74, 6) is -0.861. The predicted molar refractivity (Wildman–Crippen MR) is 69.3 cm³/mol. The standard InChI is InChI=1S/C13H12FNO3S/c1-18-11-7-6-9(10-5-3-4-8-15-10)12(14)13(11)19(2,16)17/h3-8H,1-2H3. The molecule has 1 aromatic carbocycles. The third-order valence-electron chi connectivity index (χ3n) is 2.59. The second kappa shape index (κ2) is 4.97. The molecule has 0 spiro atoms. The number of aromatic nitrogens is 1. The van der Waals surface area contributed by atoms with Gasteiger partial charge in [0.05, 0.1) is 12.8 Å². The lowest BCUT2D eigenvalue weighted by Gasteiger charge is -2.11. The van der Waals surface area contributed by atoms with E-state index in [0.29, 0.717) is 5.69 Å². The summed E-state index contributed by atoms with van der Waals surface area (Å²) in [6, 6.07) is 7.88. The van der Waals surface area contributed by atoms with Crippen molar-refractivity contribution in [3.63, 3.8) is 0 Å². The molecule has 19 heavy (non-hydrogen) atoms. The summed E-state index contributed by atoms with van der Waals surface area (Å²) in [4.78, 5) is 3.57. The number of pyridine rings is 1. The molecule has 4 nitrogen and oxygen atoms in total. The zero-order chi connectivity index (χ0) is 14.0. The fourth-order valence-electron chi connectivity index (χ4n) is 1.76. The van der Waals surface area contributed by atoms with Gasteiger partial charge in [0.1, 0.15) is 10.6 Å². The SMILES string of the molecule is COc1ccc(-c2ccccn2)c(F)c1S(C)(=O)=O. The number of halogens is 1. The van der Waals surface area contributed by atoms with E-state index < -0.39 is 20.5 Å². The first-order valence-corrected chi connectivity index (χ1v) is 7.32. The van der Waals surface area contributed by atoms with Gasteiger partial charge < -0.3 is 4.74 Å². The summed E-state index contributed by atoms with van der Waals surface area (Å²) in [5.41, 5.74) is 0.495. The van der Waals surface area contributed by atoms with E-state index in [9.17, 15) is 12.8 Å². The van der Waals surface area contributed by atoms with E-state index in [4.69, 9.17) is 4.74 Å². The number of rotatable bonds is 3. The minimum Gasteiger partial charge on any atom is -0.495 e. The van der Waals surface area contributed by atoms with Crippen molar-refractivity contribution < 1.29 is 17.5 Å². The molecule has 0 atom stereocenters. The normalized spacial score (nSPS) is 11.3. The molecule has 0 aliphatic rings. The van der Waals surface area contributed by atoms with Crippen LogP contribution in [0.25, 0.3) is 11.3 Å². The summed E-state index contributed by atoms with van der Waals surface area (Å²) in [6.07, 6.45) is 2.45. The second-order valence-corrected chi connectivity index (χ2v) is 5.90. The molecule has 0 aliphatic heterocycles. The number of nitrogens with zero attached hydrogens (tertiary/aromatic N) is 1. The van der Waals surface area contributed by atoms with Gasteiger partial charge in [0.25, 0.3) is 0 Å². The Hall–Kier alpha value is -1.95. The monoisotopic (exact) mass is 281 g/mol. The van der Waals surface area contributed by atoms with Crippen molar-refractivity contribution in [3.05, 3.63) is 42.3 Å². The van der Waals surface area contributed by atoms with Crippen LogP contribution in [0.2, 0.25) is 0 Å². The van der Waals surface area contributed by atoms with Gasteiger partial charge in [0, 0.05) is 18.0 Å². The van der Waals surface area contributed by atoms with E-state index in [-0.39, 0.29) is 11.3 Å². The van der Waals surface area contributed by atoms with E-state index in [2.05, 4.69) is 4.98 Å². The fraction of sp³-hybridized carbons (Fsp3) is 0.154. The van der Waals surface area contributed by atoms with Crippen LogP contribution in [0.3, 0.4) is 0 Å². The van der Waals surface area contributed by atoms with E-state index in [1.807, 2.05) is 0 Å². The number of hydrogen-bond acceptors (Lipinski definition) is 4. The molecule has 0 radical (unpaired) electrons. The smallest absolute Gasteiger partial charge is 0.182 e. The molecular formula is C13H12FNO3S. The molecule has 6 heteroatoms. The summed E-state index contributed by atoms with van der Waals surface area (Å²) >= 11 is 0. The molecule has 0 amide bonds. The first-order chi connectivity index (χ1) is 8.95. The molecule has 2 aromatic rings. The maximum Gasteiger partial charge on any atom is 0.182 e. The minimum atomic E-state index is -3.73. The van der Waals surface area contributed by atoms with E-state index >= 15 is 0 Å². The maximum absolute atomic E-state index is 14.4. The van der Waals surface area contributed by atoms with Crippen molar-refractivity contribution in [3.8, 4) is 17.0 Å². The van der Waals surface area contributed by atoms with E-state index in [0.717, 1.165) is 6.26 Å². The van der Waals surface area contributed by atoms with Crippen molar-refractivity contribution in [2.75, 3.05) is 13.4 Å². The van der Waals surface area contributed by atoms with Crippen LogP contribution in [0.1, 0.15) is 0 Å². The third kappa shape index (κ3) is 2.58. The number of methoxy groups -OCH3 is 1. The van der Waals surface area contributed by atoms with Crippen LogP contribution in [-0.2, 0) is 9.84 Å².